The van der Waals surface area contributed by atoms with E-state index in [0.29, 0.717) is 18.8 Å². The number of hydrogen-bond donors (Lipinski definition) is 2. The van der Waals surface area contributed by atoms with E-state index in [1.165, 1.54) is 0 Å². The van der Waals surface area contributed by atoms with Crippen LogP contribution in [-0.4, -0.2) is 38.8 Å². The molecule has 0 heterocycles. The lowest BCUT2D eigenvalue weighted by atomic mass is 10.1. The average Bonchev–Trinajstić information content (AvgIpc) is 2.45. The Kier molecular flexibility index (Phi) is 6.87. The van der Waals surface area contributed by atoms with Gasteiger partial charge in [0.2, 0.25) is 5.91 Å². The maximum absolute atomic E-state index is 12.2. The molecule has 0 aliphatic carbocycles. The highest BCUT2D eigenvalue weighted by Crippen LogP contribution is 2.24. The number of anilines is 2. The summed E-state index contributed by atoms with van der Waals surface area (Å²) in [5, 5.41) is 2.87. The standard InChI is InChI=1S/C15H25N3O2/c1-4-10-18(14-8-6-5-7-13(14)16)12(2)15(19)17-9-11-20-3/h5-8,12H,4,9-11,16H2,1-3H3,(H,17,19). The van der Waals surface area contributed by atoms with Gasteiger partial charge in [0, 0.05) is 20.2 Å². The zero-order valence-corrected chi connectivity index (χ0v) is 12.6. The van der Waals surface area contributed by atoms with Crippen LogP contribution in [0.2, 0.25) is 0 Å². The maximum atomic E-state index is 12.2. The molecule has 1 rings (SSSR count). The number of ether oxygens (including phenoxy) is 1. The number of methoxy groups -OCH3 is 1. The molecule has 0 saturated carbocycles. The van der Waals surface area contributed by atoms with Crippen LogP contribution >= 0.6 is 0 Å². The first kappa shape index (κ1) is 16.3. The minimum Gasteiger partial charge on any atom is -0.397 e. The van der Waals surface area contributed by atoms with Crippen LogP contribution < -0.4 is 16.0 Å². The first-order chi connectivity index (χ1) is 9.61. The second-order valence-corrected chi connectivity index (χ2v) is 4.71. The van der Waals surface area contributed by atoms with Crippen molar-refractivity contribution in [1.82, 2.24) is 5.32 Å². The van der Waals surface area contributed by atoms with Crippen LogP contribution in [0.1, 0.15) is 20.3 Å². The number of hydrogen-bond acceptors (Lipinski definition) is 4. The summed E-state index contributed by atoms with van der Waals surface area (Å²) in [6, 6.07) is 7.37. The average molecular weight is 279 g/mol. The van der Waals surface area contributed by atoms with E-state index < -0.39 is 0 Å². The normalized spacial score (nSPS) is 11.9. The van der Waals surface area contributed by atoms with Crippen molar-refractivity contribution in [3.8, 4) is 0 Å². The van der Waals surface area contributed by atoms with Crippen molar-refractivity contribution in [2.75, 3.05) is 37.4 Å². The lowest BCUT2D eigenvalue weighted by Crippen LogP contribution is -2.46. The van der Waals surface area contributed by atoms with E-state index in [9.17, 15) is 4.79 Å². The van der Waals surface area contributed by atoms with Crippen molar-refractivity contribution in [3.05, 3.63) is 24.3 Å². The largest absolute Gasteiger partial charge is 0.397 e. The van der Waals surface area contributed by atoms with E-state index in [2.05, 4.69) is 12.2 Å². The SMILES string of the molecule is CCCN(c1ccccc1N)C(C)C(=O)NCCOC. The Morgan fingerprint density at radius 1 is 1.45 bits per heavy atom. The number of benzene rings is 1. The second-order valence-electron chi connectivity index (χ2n) is 4.71. The molecule has 20 heavy (non-hydrogen) atoms. The second kappa shape index (κ2) is 8.43. The van der Waals surface area contributed by atoms with E-state index in [1.807, 2.05) is 36.1 Å². The van der Waals surface area contributed by atoms with E-state index in [-0.39, 0.29) is 11.9 Å². The van der Waals surface area contributed by atoms with Crippen molar-refractivity contribution in [3.63, 3.8) is 0 Å². The number of para-hydroxylation sites is 2. The summed E-state index contributed by atoms with van der Waals surface area (Å²) in [6.07, 6.45) is 0.948. The molecule has 0 bridgehead atoms. The van der Waals surface area contributed by atoms with Crippen LogP contribution in [0.25, 0.3) is 0 Å². The molecule has 0 spiro atoms. The Bertz CT molecular complexity index is 423. The summed E-state index contributed by atoms with van der Waals surface area (Å²) in [4.78, 5) is 14.2. The number of nitrogen functional groups attached to an aromatic ring is 1. The predicted molar refractivity (Wildman–Crippen MR) is 82.8 cm³/mol. The van der Waals surface area contributed by atoms with E-state index in [1.54, 1.807) is 7.11 Å². The molecule has 1 aromatic rings. The molecule has 1 amide bonds. The quantitative estimate of drug-likeness (QED) is 0.561. The van der Waals surface area contributed by atoms with Gasteiger partial charge in [-0.25, -0.2) is 0 Å². The molecule has 1 aromatic carbocycles. The van der Waals surface area contributed by atoms with Crippen LogP contribution in [0, 0.1) is 0 Å². The van der Waals surface area contributed by atoms with Gasteiger partial charge in [0.25, 0.3) is 0 Å². The van der Waals surface area contributed by atoms with Gasteiger partial charge in [-0.15, -0.1) is 0 Å². The lowest BCUT2D eigenvalue weighted by Gasteiger charge is -2.31. The zero-order valence-electron chi connectivity index (χ0n) is 12.6. The Balaban J connectivity index is 2.80. The van der Waals surface area contributed by atoms with E-state index >= 15 is 0 Å². The van der Waals surface area contributed by atoms with Crippen LogP contribution in [0.4, 0.5) is 11.4 Å². The van der Waals surface area contributed by atoms with Crippen LogP contribution in [0.3, 0.4) is 0 Å². The van der Waals surface area contributed by atoms with Crippen molar-refractivity contribution in [1.29, 1.82) is 0 Å². The Morgan fingerprint density at radius 3 is 2.75 bits per heavy atom. The van der Waals surface area contributed by atoms with Crippen LogP contribution in [0.5, 0.6) is 0 Å². The zero-order chi connectivity index (χ0) is 15.0. The van der Waals surface area contributed by atoms with Gasteiger partial charge >= 0.3 is 0 Å². The number of nitrogens with two attached hydrogens (primary N) is 1. The molecule has 112 valence electrons. The molecule has 0 aromatic heterocycles. The molecule has 0 radical (unpaired) electrons. The minimum absolute atomic E-state index is 0.0150. The third-order valence-corrected chi connectivity index (χ3v) is 3.16. The fourth-order valence-electron chi connectivity index (χ4n) is 2.08. The van der Waals surface area contributed by atoms with Crippen molar-refractivity contribution >= 4 is 17.3 Å². The molecule has 3 N–H and O–H groups in total. The molecule has 0 saturated heterocycles. The summed E-state index contributed by atoms with van der Waals surface area (Å²) in [5.74, 6) is -0.0150. The van der Waals surface area contributed by atoms with Gasteiger partial charge in [-0.05, 0) is 25.5 Å². The number of amides is 1. The summed E-state index contributed by atoms with van der Waals surface area (Å²) in [7, 11) is 1.61. The van der Waals surface area contributed by atoms with Gasteiger partial charge in [0.1, 0.15) is 6.04 Å². The van der Waals surface area contributed by atoms with Gasteiger partial charge in [0.05, 0.1) is 18.0 Å². The Morgan fingerprint density at radius 2 is 2.15 bits per heavy atom. The summed E-state index contributed by atoms with van der Waals surface area (Å²) < 4.78 is 4.94. The summed E-state index contributed by atoms with van der Waals surface area (Å²) in [5.41, 5.74) is 7.62. The molecule has 0 aliphatic heterocycles. The molecule has 5 heteroatoms. The van der Waals surface area contributed by atoms with Crippen molar-refractivity contribution < 1.29 is 9.53 Å². The number of nitrogens with zero attached hydrogens (tertiary/aromatic N) is 1. The summed E-state index contributed by atoms with van der Waals surface area (Å²) >= 11 is 0. The third-order valence-electron chi connectivity index (χ3n) is 3.16. The van der Waals surface area contributed by atoms with Crippen molar-refractivity contribution in [2.45, 2.75) is 26.3 Å². The van der Waals surface area contributed by atoms with Gasteiger partial charge in [-0.1, -0.05) is 19.1 Å². The fourth-order valence-corrected chi connectivity index (χ4v) is 2.08. The molecule has 1 atom stereocenters. The summed E-state index contributed by atoms with van der Waals surface area (Å²) in [6.45, 7) is 5.79. The first-order valence-electron chi connectivity index (χ1n) is 6.99. The molecular formula is C15H25N3O2. The monoisotopic (exact) mass is 279 g/mol. The lowest BCUT2D eigenvalue weighted by molar-refractivity contribution is -0.122. The van der Waals surface area contributed by atoms with Gasteiger partial charge in [-0.2, -0.15) is 0 Å². The van der Waals surface area contributed by atoms with Gasteiger partial charge in [-0.3, -0.25) is 4.79 Å². The Labute approximate surface area is 121 Å². The molecule has 1 unspecified atom stereocenters. The molecular weight excluding hydrogens is 254 g/mol. The maximum Gasteiger partial charge on any atom is 0.242 e. The number of rotatable bonds is 8. The smallest absolute Gasteiger partial charge is 0.242 e. The molecule has 5 nitrogen and oxygen atoms in total. The number of nitrogens with one attached hydrogen (secondary N) is 1. The highest BCUT2D eigenvalue weighted by Gasteiger charge is 2.21. The molecule has 0 aliphatic rings. The third kappa shape index (κ3) is 4.42. The molecule has 0 fully saturated rings. The Hall–Kier alpha value is -1.75. The van der Waals surface area contributed by atoms with Gasteiger partial charge < -0.3 is 20.7 Å². The highest BCUT2D eigenvalue weighted by molar-refractivity contribution is 5.86. The minimum atomic E-state index is -0.267. The highest BCUT2D eigenvalue weighted by atomic mass is 16.5. The number of carbonyl (C=O) groups is 1. The van der Waals surface area contributed by atoms with E-state index in [4.69, 9.17) is 10.5 Å². The van der Waals surface area contributed by atoms with Crippen LogP contribution in [0.15, 0.2) is 24.3 Å². The van der Waals surface area contributed by atoms with Crippen LogP contribution in [-0.2, 0) is 9.53 Å². The van der Waals surface area contributed by atoms with E-state index in [0.717, 1.165) is 18.7 Å². The number of carbonyl (C=O) groups excluding carboxylic acids is 1. The fraction of sp³-hybridized carbons (Fsp3) is 0.533. The predicted octanol–water partition coefficient (Wildman–Crippen LogP) is 1.64. The van der Waals surface area contributed by atoms with Gasteiger partial charge in [0.15, 0.2) is 0 Å². The topological polar surface area (TPSA) is 67.6 Å². The van der Waals surface area contributed by atoms with Crippen molar-refractivity contribution in [2.24, 2.45) is 0 Å². The first-order valence-corrected chi connectivity index (χ1v) is 6.99.